The summed E-state index contributed by atoms with van der Waals surface area (Å²) in [6.45, 7) is -0.574. The normalized spacial score (nSPS) is 20.7. The molecule has 0 bridgehead atoms. The number of unbranched alkanes of at least 4 members (excludes halogenated alkanes) is 30. The molecule has 29 N–H and O–H groups in total. The molecule has 1 heterocycles. The predicted octanol–water partition coefficient (Wildman–Crippen LogP) is 10.6. The van der Waals surface area contributed by atoms with Gasteiger partial charge < -0.3 is 181 Å². The molecule has 774 valence electrons. The van der Waals surface area contributed by atoms with Crippen LogP contribution < -0.4 is 0 Å². The highest BCUT2D eigenvalue weighted by atomic mass is 16.7. The highest BCUT2D eigenvalue weighted by molar-refractivity contribution is 5.36. The van der Waals surface area contributed by atoms with Crippen LogP contribution in [0.2, 0.25) is 0 Å². The fourth-order valence-electron chi connectivity index (χ4n) is 16.9. The SMILES string of the molecule is CCCCCCCCCCCCCCC(CO[C@H](O)/C(O)=C(/O)[C@H](O)CCO)(CO[C@H](O)/C(O)=C(\O)[C@H](O)CCO)Cc1cc(C[C@](CCC)(CO[C@@H]2OC(CO)[C@@H](O)C(O)C2O)CO[C@H](O)/C(O)=C(\O)[C@H](O)CCO)cc(C(CCCCCCCCCCC)C(CCCCCCCCCCCCCC)(CO[C@H](O)/C(O)=C(/O)[C@H](O)CCO)CO[C@H](O)/C(O)=C(\O)[C@H](O)CCO)c1. The van der Waals surface area contributed by atoms with Crippen molar-refractivity contribution in [1.82, 2.24) is 0 Å². The van der Waals surface area contributed by atoms with E-state index < -0.39 is 284 Å². The molecular weight excluding hydrogens is 1730 g/mol. The molecule has 0 aliphatic carbocycles. The van der Waals surface area contributed by atoms with Gasteiger partial charge in [-0.25, -0.2) is 0 Å². The second kappa shape index (κ2) is 70.5. The van der Waals surface area contributed by atoms with Crippen molar-refractivity contribution >= 4 is 0 Å². The Morgan fingerprint density at radius 3 is 0.856 bits per heavy atom. The lowest BCUT2D eigenvalue weighted by molar-refractivity contribution is -0.308. The maximum Gasteiger partial charge on any atom is 0.217 e. The van der Waals surface area contributed by atoms with Gasteiger partial charge in [-0.1, -0.05) is 264 Å². The van der Waals surface area contributed by atoms with Crippen LogP contribution in [0, 0.1) is 16.2 Å². The first kappa shape index (κ1) is 123. The number of benzene rings is 1. The Morgan fingerprint density at radius 2 is 0.568 bits per heavy atom. The molecule has 6 unspecified atom stereocenters. The van der Waals surface area contributed by atoms with Gasteiger partial charge in [0.05, 0.1) is 46.2 Å². The van der Waals surface area contributed by atoms with E-state index in [1.165, 1.54) is 0 Å². The van der Waals surface area contributed by atoms with Gasteiger partial charge in [0.1, 0.15) is 54.9 Å². The van der Waals surface area contributed by atoms with Gasteiger partial charge in [-0.2, -0.15) is 0 Å². The van der Waals surface area contributed by atoms with E-state index in [-0.39, 0.29) is 68.9 Å². The van der Waals surface area contributed by atoms with Crippen LogP contribution in [0.4, 0.5) is 0 Å². The molecule has 0 spiro atoms. The van der Waals surface area contributed by atoms with Gasteiger partial charge in [0.15, 0.2) is 63.9 Å². The highest BCUT2D eigenvalue weighted by Gasteiger charge is 2.48. The van der Waals surface area contributed by atoms with Crippen molar-refractivity contribution in [1.29, 1.82) is 0 Å². The van der Waals surface area contributed by atoms with E-state index >= 15 is 0 Å². The second-order valence-electron chi connectivity index (χ2n) is 36.3. The number of aliphatic hydroxyl groups is 29. The lowest BCUT2D eigenvalue weighted by Crippen LogP contribution is -2.59. The van der Waals surface area contributed by atoms with Crippen molar-refractivity contribution in [2.45, 2.75) is 415 Å². The Bertz CT molecular complexity index is 3200. The summed E-state index contributed by atoms with van der Waals surface area (Å²) in [6, 6.07) is 5.14. The molecule has 132 heavy (non-hydrogen) atoms. The van der Waals surface area contributed by atoms with E-state index in [0.29, 0.717) is 50.5 Å². The van der Waals surface area contributed by atoms with Crippen LogP contribution in [-0.2, 0) is 46.0 Å². The van der Waals surface area contributed by atoms with Gasteiger partial charge in [-0.05, 0) is 61.1 Å². The summed E-state index contributed by atoms with van der Waals surface area (Å²) in [4.78, 5) is 0. The third-order valence-corrected chi connectivity index (χ3v) is 25.0. The van der Waals surface area contributed by atoms with E-state index in [0.717, 1.165) is 154 Å². The summed E-state index contributed by atoms with van der Waals surface area (Å²) < 4.78 is 43.5. The van der Waals surface area contributed by atoms with Crippen LogP contribution in [0.3, 0.4) is 0 Å². The second-order valence-corrected chi connectivity index (χ2v) is 36.3. The van der Waals surface area contributed by atoms with Gasteiger partial charge in [-0.15, -0.1) is 0 Å². The van der Waals surface area contributed by atoms with E-state index in [1.807, 2.05) is 0 Å². The topological polar surface area (TPSA) is 651 Å². The van der Waals surface area contributed by atoms with Crippen LogP contribution in [0.25, 0.3) is 0 Å². The van der Waals surface area contributed by atoms with Gasteiger partial charge in [-0.3, -0.25) is 0 Å². The fourth-order valence-corrected chi connectivity index (χ4v) is 16.9. The summed E-state index contributed by atoms with van der Waals surface area (Å²) in [5.74, 6) is -13.4. The molecule has 1 aromatic rings. The molecule has 36 heteroatoms. The largest absolute Gasteiger partial charge is 0.506 e. The van der Waals surface area contributed by atoms with Gasteiger partial charge in [0.25, 0.3) is 0 Å². The van der Waals surface area contributed by atoms with Gasteiger partial charge in [0, 0.05) is 81.4 Å². The molecule has 0 aromatic heterocycles. The maximum absolute atomic E-state index is 12.1. The predicted molar refractivity (Wildman–Crippen MR) is 492 cm³/mol. The van der Waals surface area contributed by atoms with Crippen LogP contribution in [-0.4, -0.2) is 320 Å². The third kappa shape index (κ3) is 45.7. The fraction of sp³-hybridized carbons (Fsp3) is 0.833. The number of aliphatic hydroxyl groups excluding tert-OH is 29. The zero-order valence-electron chi connectivity index (χ0n) is 79.1. The number of rotatable bonds is 83. The summed E-state index contributed by atoms with van der Waals surface area (Å²) >= 11 is 0. The van der Waals surface area contributed by atoms with Crippen LogP contribution in [0.15, 0.2) is 75.8 Å². The zero-order chi connectivity index (χ0) is 98.6. The molecule has 1 aromatic carbocycles. The average molecular weight is 1900 g/mol. The number of ether oxygens (including phenoxy) is 7. The van der Waals surface area contributed by atoms with E-state index in [2.05, 4.69) is 20.8 Å². The number of hydrogen-bond donors (Lipinski definition) is 29. The molecule has 19 atom stereocenters. The molecule has 0 amide bonds. The van der Waals surface area contributed by atoms with E-state index in [9.17, 15) is 148 Å². The lowest BCUT2D eigenvalue weighted by Gasteiger charge is -2.43. The van der Waals surface area contributed by atoms with Gasteiger partial charge in [0.2, 0.25) is 31.5 Å². The minimum Gasteiger partial charge on any atom is -0.506 e. The van der Waals surface area contributed by atoms with Crippen molar-refractivity contribution in [2.75, 3.05) is 79.3 Å². The minimum atomic E-state index is -2.50. The quantitative estimate of drug-likeness (QED) is 0.0164. The monoisotopic (exact) mass is 1900 g/mol. The first-order valence-corrected chi connectivity index (χ1v) is 48.7. The van der Waals surface area contributed by atoms with Crippen molar-refractivity contribution in [3.63, 3.8) is 0 Å². The van der Waals surface area contributed by atoms with Crippen molar-refractivity contribution in [3.05, 3.63) is 92.5 Å². The first-order valence-electron chi connectivity index (χ1n) is 48.7. The number of hydrogen-bond acceptors (Lipinski definition) is 36. The Balaban J connectivity index is 3.84. The molecule has 1 aliphatic heterocycles. The van der Waals surface area contributed by atoms with Crippen molar-refractivity contribution in [3.8, 4) is 0 Å². The maximum atomic E-state index is 12.1. The lowest BCUT2D eigenvalue weighted by atomic mass is 9.66. The molecule has 0 saturated carbocycles. The Labute approximate surface area is 781 Å². The van der Waals surface area contributed by atoms with Crippen LogP contribution in [0.1, 0.15) is 326 Å². The average Bonchev–Trinajstić information content (AvgIpc) is 0.759. The Hall–Kier alpha value is -5.12. The molecule has 1 aliphatic rings. The smallest absolute Gasteiger partial charge is 0.217 e. The summed E-state index contributed by atoms with van der Waals surface area (Å²) in [7, 11) is 0. The van der Waals surface area contributed by atoms with Gasteiger partial charge >= 0.3 is 0 Å². The summed E-state index contributed by atoms with van der Waals surface area (Å²) in [6.07, 6.45) is -5.86. The van der Waals surface area contributed by atoms with Crippen molar-refractivity contribution in [2.24, 2.45) is 16.2 Å². The van der Waals surface area contributed by atoms with E-state index in [4.69, 9.17) is 33.2 Å². The van der Waals surface area contributed by atoms with E-state index in [1.54, 1.807) is 25.1 Å². The standard InChI is InChI=1S/C96H174O36/c1-5-9-12-15-18-21-23-25-28-31-34-37-46-95(60-127-89(122)83(116)76(109)70(104)41-49-98,61-128-90(123)84(117)77(110)71(105)42-50-99)57-66-53-65(56-94(45-8-4,59-126-88(121)82(115)75(108)69(103)40-48-97)62-131-93-87(120)81(114)80(113)74(58-102)132-93)54-67(55-66)68(39-36-33-30-27-20-17-14-11-7-3)96(63-129-91(124)85(118)78(111)72(106)43-51-100,64-130-92(125)86(119)79(112)73(107)44-52-101)47-38-35-32-29-26-24-22-19-16-13-10-6-2/h53-55,68-74,80-81,87-93,97-125H,5-52,56-64H2,1-4H3/b82-75+,83-76-,84-77+,85-78-,86-79+/t68?,69-,70-,71-,72-,73-,74?,80-,81?,87?,88+,89+,90+,91+,92+,93-,94+,95?,96?/m1/s1. The molecule has 36 nitrogen and oxygen atoms in total. The van der Waals surface area contributed by atoms with Crippen molar-refractivity contribution < 1.29 is 181 Å². The zero-order valence-corrected chi connectivity index (χ0v) is 79.1. The molecular formula is C96H174O36. The molecule has 2 rings (SSSR count). The minimum absolute atomic E-state index is 0.0257. The van der Waals surface area contributed by atoms with Crippen LogP contribution >= 0.6 is 0 Å². The molecule has 0 radical (unpaired) electrons. The van der Waals surface area contributed by atoms with Crippen LogP contribution in [0.5, 0.6) is 0 Å². The highest BCUT2D eigenvalue weighted by Crippen LogP contribution is 2.48. The Kier molecular flexibility index (Phi) is 65.7. The first-order chi connectivity index (χ1) is 63.1. The summed E-state index contributed by atoms with van der Waals surface area (Å²) in [5.41, 5.74) is -4.31. The molecule has 1 fully saturated rings. The third-order valence-electron chi connectivity index (χ3n) is 25.0. The Morgan fingerprint density at radius 1 is 0.295 bits per heavy atom. The molecule has 1 saturated heterocycles. The summed E-state index contributed by atoms with van der Waals surface area (Å²) in [5, 5.41) is 320.